The van der Waals surface area contributed by atoms with E-state index in [0.29, 0.717) is 0 Å². The summed E-state index contributed by atoms with van der Waals surface area (Å²) in [5.41, 5.74) is 4.86. The van der Waals surface area contributed by atoms with E-state index >= 15 is 0 Å². The number of ether oxygens (including phenoxy) is 1. The van der Waals surface area contributed by atoms with Crippen molar-refractivity contribution in [2.45, 2.75) is 24.3 Å². The number of esters is 1. The van der Waals surface area contributed by atoms with E-state index in [2.05, 4.69) is 9.46 Å². The molecule has 0 bridgehead atoms. The topological polar surface area (TPSA) is 98.5 Å². The molecule has 0 atom stereocenters. The number of nitrogens with two attached hydrogens (primary N) is 1. The lowest BCUT2D eigenvalue weighted by atomic mass is 10.1. The maximum Gasteiger partial charge on any atom is 0.337 e. The average molecular weight is 357 g/mol. The molecule has 9 heteroatoms. The molecular formula is C12H18Cl2N2O4S. The van der Waals surface area contributed by atoms with Crippen molar-refractivity contribution in [2.24, 2.45) is 5.73 Å². The van der Waals surface area contributed by atoms with Gasteiger partial charge in [-0.1, -0.05) is 11.6 Å². The second-order valence-electron chi connectivity index (χ2n) is 4.83. The molecule has 0 aliphatic carbocycles. The Balaban J connectivity index is 0.00000400. The summed E-state index contributed by atoms with van der Waals surface area (Å²) >= 11 is 5.93. The van der Waals surface area contributed by atoms with Crippen molar-refractivity contribution < 1.29 is 17.9 Å². The summed E-state index contributed by atoms with van der Waals surface area (Å²) < 4.78 is 31.4. The minimum absolute atomic E-state index is 0. The molecule has 0 saturated carbocycles. The fourth-order valence-corrected chi connectivity index (χ4v) is 3.39. The van der Waals surface area contributed by atoms with Gasteiger partial charge in [0.05, 0.1) is 17.7 Å². The fourth-order valence-electron chi connectivity index (χ4n) is 1.42. The molecule has 1 rings (SSSR count). The molecule has 0 aromatic heterocycles. The summed E-state index contributed by atoms with van der Waals surface area (Å²) in [6, 6.07) is 3.84. The van der Waals surface area contributed by atoms with Crippen LogP contribution in [0.3, 0.4) is 0 Å². The molecule has 3 N–H and O–H groups in total. The highest BCUT2D eigenvalue weighted by atomic mass is 35.5. The zero-order valence-corrected chi connectivity index (χ0v) is 14.2. The van der Waals surface area contributed by atoms with Crippen molar-refractivity contribution in [3.63, 3.8) is 0 Å². The van der Waals surface area contributed by atoms with Gasteiger partial charge in [0, 0.05) is 12.1 Å². The number of sulfonamides is 1. The molecule has 0 aliphatic rings. The molecular weight excluding hydrogens is 339 g/mol. The molecule has 0 heterocycles. The lowest BCUT2D eigenvalue weighted by molar-refractivity contribution is 0.0600. The molecule has 0 radical (unpaired) electrons. The van der Waals surface area contributed by atoms with Crippen molar-refractivity contribution >= 4 is 40.0 Å². The number of rotatable bonds is 5. The van der Waals surface area contributed by atoms with Crippen LogP contribution in [0.5, 0.6) is 0 Å². The van der Waals surface area contributed by atoms with Crippen molar-refractivity contribution in [1.29, 1.82) is 0 Å². The molecule has 120 valence electrons. The number of carbonyl (C=O) groups is 1. The van der Waals surface area contributed by atoms with Gasteiger partial charge in [0.15, 0.2) is 0 Å². The molecule has 0 aliphatic heterocycles. The summed E-state index contributed by atoms with van der Waals surface area (Å²) in [6.07, 6.45) is 0. The highest BCUT2D eigenvalue weighted by Gasteiger charge is 2.27. The number of benzene rings is 1. The molecule has 1 aromatic rings. The normalized spacial score (nSPS) is 11.7. The Bertz CT molecular complexity index is 618. The van der Waals surface area contributed by atoms with Gasteiger partial charge in [0.25, 0.3) is 0 Å². The Morgan fingerprint density at radius 1 is 1.43 bits per heavy atom. The summed E-state index contributed by atoms with van der Waals surface area (Å²) in [6.45, 7) is 3.44. The Labute approximate surface area is 135 Å². The number of hydrogen-bond donors (Lipinski definition) is 2. The second-order valence-corrected chi connectivity index (χ2v) is 6.89. The average Bonchev–Trinajstić information content (AvgIpc) is 2.36. The molecule has 0 amide bonds. The molecule has 0 unspecified atom stereocenters. The number of halogens is 2. The van der Waals surface area contributed by atoms with Crippen LogP contribution in [0.1, 0.15) is 24.2 Å². The Kier molecular flexibility index (Phi) is 7.11. The van der Waals surface area contributed by atoms with Gasteiger partial charge in [-0.25, -0.2) is 17.9 Å². The Hall–Kier alpha value is -0.860. The SMILES string of the molecule is COC(=O)c1ccc(S(=O)(=O)NC(C)(C)CN)c(Cl)c1.Cl. The first-order chi connectivity index (χ1) is 9.13. The van der Waals surface area contributed by atoms with Crippen LogP contribution >= 0.6 is 24.0 Å². The van der Waals surface area contributed by atoms with E-state index in [1.807, 2.05) is 0 Å². The third-order valence-corrected chi connectivity index (χ3v) is 4.74. The summed E-state index contributed by atoms with van der Waals surface area (Å²) in [4.78, 5) is 11.2. The molecule has 1 aromatic carbocycles. The van der Waals surface area contributed by atoms with E-state index in [4.69, 9.17) is 17.3 Å². The van der Waals surface area contributed by atoms with Gasteiger partial charge < -0.3 is 10.5 Å². The van der Waals surface area contributed by atoms with Gasteiger partial charge in [-0.3, -0.25) is 0 Å². The highest BCUT2D eigenvalue weighted by Crippen LogP contribution is 2.24. The van der Waals surface area contributed by atoms with Gasteiger partial charge in [0.1, 0.15) is 4.90 Å². The molecule has 0 spiro atoms. The van der Waals surface area contributed by atoms with E-state index in [1.165, 1.54) is 25.3 Å². The number of nitrogens with one attached hydrogen (secondary N) is 1. The molecule has 0 saturated heterocycles. The lowest BCUT2D eigenvalue weighted by Crippen LogP contribution is -2.48. The van der Waals surface area contributed by atoms with E-state index in [1.54, 1.807) is 13.8 Å². The minimum Gasteiger partial charge on any atom is -0.465 e. The molecule has 6 nitrogen and oxygen atoms in total. The molecule has 21 heavy (non-hydrogen) atoms. The highest BCUT2D eigenvalue weighted by molar-refractivity contribution is 7.89. The number of methoxy groups -OCH3 is 1. The van der Waals surface area contributed by atoms with Crippen LogP contribution < -0.4 is 10.5 Å². The van der Waals surface area contributed by atoms with Crippen LogP contribution in [-0.4, -0.2) is 33.6 Å². The summed E-state index contributed by atoms with van der Waals surface area (Å²) in [5, 5.41) is -0.0618. The zero-order valence-electron chi connectivity index (χ0n) is 11.8. The number of hydrogen-bond acceptors (Lipinski definition) is 5. The van der Waals surface area contributed by atoms with E-state index in [9.17, 15) is 13.2 Å². The van der Waals surface area contributed by atoms with E-state index in [-0.39, 0.29) is 34.4 Å². The monoisotopic (exact) mass is 356 g/mol. The quantitative estimate of drug-likeness (QED) is 0.780. The predicted octanol–water partition coefficient (Wildman–Crippen LogP) is 1.56. The van der Waals surface area contributed by atoms with Gasteiger partial charge in [-0.2, -0.15) is 0 Å². The van der Waals surface area contributed by atoms with Gasteiger partial charge >= 0.3 is 5.97 Å². The Morgan fingerprint density at radius 2 is 2.00 bits per heavy atom. The third-order valence-electron chi connectivity index (χ3n) is 2.56. The van der Waals surface area contributed by atoms with Gasteiger partial charge in [-0.05, 0) is 32.0 Å². The smallest absolute Gasteiger partial charge is 0.337 e. The summed E-state index contributed by atoms with van der Waals surface area (Å²) in [5.74, 6) is -0.592. The largest absolute Gasteiger partial charge is 0.465 e. The van der Waals surface area contributed by atoms with Crippen molar-refractivity contribution in [3.05, 3.63) is 28.8 Å². The first-order valence-electron chi connectivity index (χ1n) is 5.75. The molecule has 0 fully saturated rings. The second kappa shape index (κ2) is 7.42. The minimum atomic E-state index is -3.82. The van der Waals surface area contributed by atoms with Gasteiger partial charge in [0.2, 0.25) is 10.0 Å². The van der Waals surface area contributed by atoms with Crippen molar-refractivity contribution in [3.8, 4) is 0 Å². The fraction of sp³-hybridized carbons (Fsp3) is 0.417. The van der Waals surface area contributed by atoms with Crippen LogP contribution in [-0.2, 0) is 14.8 Å². The maximum absolute atomic E-state index is 12.2. The predicted molar refractivity (Wildman–Crippen MR) is 83.5 cm³/mol. The van der Waals surface area contributed by atoms with E-state index in [0.717, 1.165) is 0 Å². The van der Waals surface area contributed by atoms with Crippen LogP contribution in [0.2, 0.25) is 5.02 Å². The van der Waals surface area contributed by atoms with E-state index < -0.39 is 21.5 Å². The standard InChI is InChI=1S/C12H17ClN2O4S.ClH/c1-12(2,7-14)15-20(17,18)10-5-4-8(6-9(10)13)11(16)19-3;/h4-6,15H,7,14H2,1-3H3;1H. The van der Waals surface area contributed by atoms with Crippen molar-refractivity contribution in [1.82, 2.24) is 4.72 Å². The zero-order chi connectivity index (χ0) is 15.6. The van der Waals surface area contributed by atoms with Crippen LogP contribution in [0.25, 0.3) is 0 Å². The first kappa shape index (κ1) is 20.1. The van der Waals surface area contributed by atoms with Gasteiger partial charge in [-0.15, -0.1) is 12.4 Å². The van der Waals surface area contributed by atoms with Crippen LogP contribution in [0, 0.1) is 0 Å². The first-order valence-corrected chi connectivity index (χ1v) is 7.61. The van der Waals surface area contributed by atoms with Crippen LogP contribution in [0.15, 0.2) is 23.1 Å². The number of carbonyl (C=O) groups excluding carboxylic acids is 1. The van der Waals surface area contributed by atoms with Crippen molar-refractivity contribution in [2.75, 3.05) is 13.7 Å². The maximum atomic E-state index is 12.2. The summed E-state index contributed by atoms with van der Waals surface area (Å²) in [7, 11) is -2.60. The lowest BCUT2D eigenvalue weighted by Gasteiger charge is -2.24. The van der Waals surface area contributed by atoms with Crippen LogP contribution in [0.4, 0.5) is 0 Å². The third kappa shape index (κ3) is 5.12. The Morgan fingerprint density at radius 3 is 2.43 bits per heavy atom.